The van der Waals surface area contributed by atoms with Crippen molar-refractivity contribution < 1.29 is 14.3 Å². The largest absolute Gasteiger partial charge is 0.491 e. The van der Waals surface area contributed by atoms with Gasteiger partial charge in [-0.1, -0.05) is 12.8 Å². The number of benzene rings is 1. The molecule has 3 rings (SSSR count). The van der Waals surface area contributed by atoms with Gasteiger partial charge < -0.3 is 15.4 Å². The van der Waals surface area contributed by atoms with Crippen molar-refractivity contribution in [1.82, 2.24) is 10.3 Å². The third-order valence-corrected chi connectivity index (χ3v) is 4.44. The molecule has 1 aromatic carbocycles. The quantitative estimate of drug-likeness (QED) is 0.814. The minimum atomic E-state index is -0.310. The molecule has 0 aliphatic heterocycles. The summed E-state index contributed by atoms with van der Waals surface area (Å²) in [6.07, 6.45) is 7.34. The molecule has 2 amide bonds. The zero-order chi connectivity index (χ0) is 19.2. The van der Waals surface area contributed by atoms with Crippen molar-refractivity contribution in [2.24, 2.45) is 0 Å². The van der Waals surface area contributed by atoms with Crippen LogP contribution in [0, 0.1) is 0 Å². The molecule has 1 aliphatic carbocycles. The molecular formula is C21H25N3O3. The van der Waals surface area contributed by atoms with Crippen molar-refractivity contribution in [1.29, 1.82) is 0 Å². The Morgan fingerprint density at radius 1 is 1.04 bits per heavy atom. The normalized spacial score (nSPS) is 14.2. The summed E-state index contributed by atoms with van der Waals surface area (Å²) in [6, 6.07) is 8.96. The standard InChI is InChI=1S/C21H25N3O3/c1-14(2)27-19-9-7-18(8-10-19)24-21(26)16-11-15(12-22-13-16)20(25)23-17-5-3-4-6-17/h7-14,17H,3-6H2,1-2H3,(H,23,25)(H,24,26). The summed E-state index contributed by atoms with van der Waals surface area (Å²) < 4.78 is 5.59. The zero-order valence-electron chi connectivity index (χ0n) is 15.7. The van der Waals surface area contributed by atoms with Crippen LogP contribution in [0.25, 0.3) is 0 Å². The minimum Gasteiger partial charge on any atom is -0.491 e. The van der Waals surface area contributed by atoms with Gasteiger partial charge in [-0.25, -0.2) is 0 Å². The van der Waals surface area contributed by atoms with Crippen LogP contribution in [0.15, 0.2) is 42.7 Å². The highest BCUT2D eigenvalue weighted by atomic mass is 16.5. The van der Waals surface area contributed by atoms with Gasteiger partial charge in [0.25, 0.3) is 11.8 Å². The third kappa shape index (κ3) is 5.29. The van der Waals surface area contributed by atoms with Crippen molar-refractivity contribution in [3.63, 3.8) is 0 Å². The molecule has 1 aromatic heterocycles. The Hall–Kier alpha value is -2.89. The maximum atomic E-state index is 12.5. The number of aromatic nitrogens is 1. The van der Waals surface area contributed by atoms with E-state index >= 15 is 0 Å². The van der Waals surface area contributed by atoms with Gasteiger partial charge in [0.2, 0.25) is 0 Å². The number of ether oxygens (including phenoxy) is 1. The van der Waals surface area contributed by atoms with E-state index in [1.165, 1.54) is 12.4 Å². The van der Waals surface area contributed by atoms with E-state index in [9.17, 15) is 9.59 Å². The molecule has 6 nitrogen and oxygen atoms in total. The Labute approximate surface area is 159 Å². The Morgan fingerprint density at radius 3 is 2.30 bits per heavy atom. The summed E-state index contributed by atoms with van der Waals surface area (Å²) in [5, 5.41) is 5.82. The van der Waals surface area contributed by atoms with Crippen LogP contribution >= 0.6 is 0 Å². The number of hydrogen-bond acceptors (Lipinski definition) is 4. The van der Waals surface area contributed by atoms with E-state index in [1.807, 2.05) is 13.8 Å². The second kappa shape index (κ2) is 8.66. The maximum Gasteiger partial charge on any atom is 0.257 e. The number of nitrogens with zero attached hydrogens (tertiary/aromatic N) is 1. The summed E-state index contributed by atoms with van der Waals surface area (Å²) in [5.74, 6) is 0.255. The average Bonchev–Trinajstić information content (AvgIpc) is 3.16. The molecule has 0 radical (unpaired) electrons. The fourth-order valence-corrected chi connectivity index (χ4v) is 3.12. The Bertz CT molecular complexity index is 797. The highest BCUT2D eigenvalue weighted by molar-refractivity contribution is 6.05. The van der Waals surface area contributed by atoms with E-state index in [2.05, 4.69) is 15.6 Å². The van der Waals surface area contributed by atoms with Gasteiger partial charge in [-0.15, -0.1) is 0 Å². The van der Waals surface area contributed by atoms with Gasteiger partial charge in [-0.2, -0.15) is 0 Å². The third-order valence-electron chi connectivity index (χ3n) is 4.44. The highest BCUT2D eigenvalue weighted by Crippen LogP contribution is 2.19. The van der Waals surface area contributed by atoms with E-state index in [1.54, 1.807) is 30.3 Å². The first-order chi connectivity index (χ1) is 13.0. The van der Waals surface area contributed by atoms with E-state index in [4.69, 9.17) is 4.74 Å². The van der Waals surface area contributed by atoms with E-state index in [0.29, 0.717) is 16.8 Å². The van der Waals surface area contributed by atoms with Crippen LogP contribution < -0.4 is 15.4 Å². The lowest BCUT2D eigenvalue weighted by molar-refractivity contribution is 0.0937. The number of amides is 2. The molecule has 2 aromatic rings. The van der Waals surface area contributed by atoms with Crippen LogP contribution in [0.2, 0.25) is 0 Å². The molecule has 0 atom stereocenters. The summed E-state index contributed by atoms with van der Waals surface area (Å²) in [6.45, 7) is 3.91. The van der Waals surface area contributed by atoms with Crippen LogP contribution in [0.1, 0.15) is 60.2 Å². The zero-order valence-corrected chi connectivity index (χ0v) is 15.7. The van der Waals surface area contributed by atoms with Crippen LogP contribution in [0.3, 0.4) is 0 Å². The van der Waals surface area contributed by atoms with E-state index in [-0.39, 0.29) is 24.0 Å². The molecular weight excluding hydrogens is 342 g/mol. The highest BCUT2D eigenvalue weighted by Gasteiger charge is 2.19. The molecule has 142 valence electrons. The number of nitrogens with one attached hydrogen (secondary N) is 2. The smallest absolute Gasteiger partial charge is 0.257 e. The summed E-state index contributed by atoms with van der Waals surface area (Å²) in [5.41, 5.74) is 1.39. The van der Waals surface area contributed by atoms with Gasteiger partial charge in [0.05, 0.1) is 17.2 Å². The van der Waals surface area contributed by atoms with Crippen molar-refractivity contribution in [2.75, 3.05) is 5.32 Å². The summed E-state index contributed by atoms with van der Waals surface area (Å²) in [7, 11) is 0. The molecule has 0 bridgehead atoms. The van der Waals surface area contributed by atoms with Gasteiger partial charge in [0.15, 0.2) is 0 Å². The van der Waals surface area contributed by atoms with Crippen molar-refractivity contribution in [3.05, 3.63) is 53.9 Å². The number of rotatable bonds is 6. The van der Waals surface area contributed by atoms with Crippen molar-refractivity contribution in [3.8, 4) is 5.75 Å². The second-order valence-corrected chi connectivity index (χ2v) is 7.06. The van der Waals surface area contributed by atoms with Gasteiger partial charge in [-0.05, 0) is 57.0 Å². The van der Waals surface area contributed by atoms with Crippen LogP contribution in [0.4, 0.5) is 5.69 Å². The minimum absolute atomic E-state index is 0.0923. The lowest BCUT2D eigenvalue weighted by Gasteiger charge is -2.12. The molecule has 1 saturated carbocycles. The lowest BCUT2D eigenvalue weighted by atomic mass is 10.1. The molecule has 1 heterocycles. The second-order valence-electron chi connectivity index (χ2n) is 7.06. The first-order valence-electron chi connectivity index (χ1n) is 9.35. The fraction of sp³-hybridized carbons (Fsp3) is 0.381. The van der Waals surface area contributed by atoms with Crippen molar-refractivity contribution in [2.45, 2.75) is 51.7 Å². The molecule has 6 heteroatoms. The number of pyridine rings is 1. The van der Waals surface area contributed by atoms with Gasteiger partial charge in [0, 0.05) is 24.1 Å². The number of anilines is 1. The monoisotopic (exact) mass is 367 g/mol. The van der Waals surface area contributed by atoms with E-state index in [0.717, 1.165) is 31.4 Å². The first kappa shape index (κ1) is 18.9. The maximum absolute atomic E-state index is 12.5. The number of carbonyl (C=O) groups excluding carboxylic acids is 2. The molecule has 27 heavy (non-hydrogen) atoms. The molecule has 0 saturated heterocycles. The lowest BCUT2D eigenvalue weighted by Crippen LogP contribution is -2.32. The fourth-order valence-electron chi connectivity index (χ4n) is 3.12. The van der Waals surface area contributed by atoms with Crippen LogP contribution in [0.5, 0.6) is 5.75 Å². The van der Waals surface area contributed by atoms with Crippen molar-refractivity contribution >= 4 is 17.5 Å². The van der Waals surface area contributed by atoms with Crippen LogP contribution in [-0.4, -0.2) is 28.9 Å². The van der Waals surface area contributed by atoms with Gasteiger partial charge >= 0.3 is 0 Å². The SMILES string of the molecule is CC(C)Oc1ccc(NC(=O)c2cncc(C(=O)NC3CCCC3)c2)cc1. The van der Waals surface area contributed by atoms with E-state index < -0.39 is 0 Å². The summed E-state index contributed by atoms with van der Waals surface area (Å²) >= 11 is 0. The first-order valence-corrected chi connectivity index (χ1v) is 9.35. The van der Waals surface area contributed by atoms with Gasteiger partial charge in [0.1, 0.15) is 5.75 Å². The summed E-state index contributed by atoms with van der Waals surface area (Å²) in [4.78, 5) is 28.9. The molecule has 0 unspecified atom stereocenters. The topological polar surface area (TPSA) is 80.3 Å². The molecule has 2 N–H and O–H groups in total. The molecule has 0 spiro atoms. The molecule has 1 aliphatic rings. The van der Waals surface area contributed by atoms with Crippen LogP contribution in [-0.2, 0) is 0 Å². The Morgan fingerprint density at radius 2 is 1.67 bits per heavy atom. The predicted octanol–water partition coefficient (Wildman–Crippen LogP) is 3.79. The number of hydrogen-bond donors (Lipinski definition) is 2. The predicted molar refractivity (Wildman–Crippen MR) is 104 cm³/mol. The van der Waals surface area contributed by atoms with Gasteiger partial charge in [-0.3, -0.25) is 14.6 Å². The Balaban J connectivity index is 1.63. The molecule has 1 fully saturated rings. The number of carbonyl (C=O) groups is 2. The Kier molecular flexibility index (Phi) is 6.06. The average molecular weight is 367 g/mol.